The van der Waals surface area contributed by atoms with Gasteiger partial charge in [-0.05, 0) is 42.4 Å². The molecular formula is C12H16ClNO2S. The van der Waals surface area contributed by atoms with Crippen LogP contribution in [0.25, 0.3) is 0 Å². The fraction of sp³-hybridized carbons (Fsp3) is 0.500. The number of benzene rings is 1. The summed E-state index contributed by atoms with van der Waals surface area (Å²) >= 11 is 7.07. The first-order chi connectivity index (χ1) is 8.13. The molecule has 0 bridgehead atoms. The Morgan fingerprint density at radius 1 is 1.35 bits per heavy atom. The van der Waals surface area contributed by atoms with Crippen LogP contribution in [0, 0.1) is 10.1 Å². The molecule has 5 heteroatoms. The van der Waals surface area contributed by atoms with Gasteiger partial charge in [0.15, 0.2) is 0 Å². The van der Waals surface area contributed by atoms with E-state index >= 15 is 0 Å². The lowest BCUT2D eigenvalue weighted by molar-refractivity contribution is -0.496. The van der Waals surface area contributed by atoms with Crippen LogP contribution in [0.2, 0.25) is 5.02 Å². The molecule has 0 N–H and O–H groups in total. The van der Waals surface area contributed by atoms with Gasteiger partial charge in [-0.15, -0.1) is 0 Å². The second kappa shape index (κ2) is 7.56. The van der Waals surface area contributed by atoms with Crippen LogP contribution in [0.5, 0.6) is 0 Å². The first-order valence-electron chi connectivity index (χ1n) is 5.69. The highest BCUT2D eigenvalue weighted by Crippen LogP contribution is 2.28. The summed E-state index contributed by atoms with van der Waals surface area (Å²) < 4.78 is 0. The Morgan fingerprint density at radius 2 is 2.00 bits per heavy atom. The van der Waals surface area contributed by atoms with Crippen molar-refractivity contribution in [3.05, 3.63) is 39.4 Å². The molecule has 94 valence electrons. The zero-order valence-electron chi connectivity index (χ0n) is 9.77. The fourth-order valence-corrected chi connectivity index (χ4v) is 2.55. The lowest BCUT2D eigenvalue weighted by atomic mass is 10.2. The molecule has 0 aliphatic rings. The minimum absolute atomic E-state index is 0.199. The molecule has 0 radical (unpaired) electrons. The number of hydrogen-bond acceptors (Lipinski definition) is 3. The molecule has 17 heavy (non-hydrogen) atoms. The summed E-state index contributed by atoms with van der Waals surface area (Å²) in [6.45, 7) is 2.09. The van der Waals surface area contributed by atoms with Gasteiger partial charge in [0.1, 0.15) is 0 Å². The third kappa shape index (κ3) is 5.41. The molecule has 1 atom stereocenters. The Hall–Kier alpha value is -0.740. The molecule has 1 aromatic carbocycles. The van der Waals surface area contributed by atoms with Crippen LogP contribution in [0.1, 0.15) is 32.6 Å². The van der Waals surface area contributed by atoms with Crippen molar-refractivity contribution in [3.63, 3.8) is 0 Å². The second-order valence-electron chi connectivity index (χ2n) is 3.81. The molecule has 0 heterocycles. The molecule has 3 nitrogen and oxygen atoms in total. The summed E-state index contributed by atoms with van der Waals surface area (Å²) in [6, 6.07) is 7.16. The van der Waals surface area contributed by atoms with Gasteiger partial charge in [0, 0.05) is 21.3 Å². The van der Waals surface area contributed by atoms with Crippen LogP contribution in [0.3, 0.4) is 0 Å². The van der Waals surface area contributed by atoms with Crippen LogP contribution >= 0.6 is 23.4 Å². The van der Waals surface area contributed by atoms with Crippen molar-refractivity contribution in [2.45, 2.75) is 42.9 Å². The lowest BCUT2D eigenvalue weighted by Crippen LogP contribution is -2.14. The van der Waals surface area contributed by atoms with E-state index in [1.54, 1.807) is 12.1 Å². The van der Waals surface area contributed by atoms with Crippen molar-refractivity contribution < 1.29 is 4.92 Å². The first-order valence-corrected chi connectivity index (χ1v) is 6.95. The molecular weight excluding hydrogens is 258 g/mol. The van der Waals surface area contributed by atoms with Crippen molar-refractivity contribution in [2.24, 2.45) is 0 Å². The molecule has 1 aromatic rings. The highest BCUT2D eigenvalue weighted by atomic mass is 35.5. The Balaban J connectivity index is 2.54. The zero-order chi connectivity index (χ0) is 12.7. The SMILES string of the molecule is CCCCCC(Sc1ccc(Cl)cc1)[N+](=O)[O-]. The summed E-state index contributed by atoms with van der Waals surface area (Å²) in [5.41, 5.74) is 0. The largest absolute Gasteiger partial charge is 0.263 e. The van der Waals surface area contributed by atoms with Gasteiger partial charge in [0.2, 0.25) is 0 Å². The quantitative estimate of drug-likeness (QED) is 0.239. The van der Waals surface area contributed by atoms with Gasteiger partial charge < -0.3 is 0 Å². The van der Waals surface area contributed by atoms with Gasteiger partial charge in [-0.1, -0.05) is 31.4 Å². The molecule has 0 aromatic heterocycles. The van der Waals surface area contributed by atoms with E-state index in [1.165, 1.54) is 11.8 Å². The Kier molecular flexibility index (Phi) is 6.37. The molecule has 0 spiro atoms. The molecule has 0 amide bonds. The molecule has 0 fully saturated rings. The number of thioether (sulfide) groups is 1. The summed E-state index contributed by atoms with van der Waals surface area (Å²) in [5.74, 6) is 0. The number of rotatable bonds is 7. The van der Waals surface area contributed by atoms with E-state index in [0.717, 1.165) is 24.2 Å². The lowest BCUT2D eigenvalue weighted by Gasteiger charge is -2.08. The fourth-order valence-electron chi connectivity index (χ4n) is 1.45. The molecule has 0 saturated carbocycles. The van der Waals surface area contributed by atoms with E-state index in [1.807, 2.05) is 12.1 Å². The average Bonchev–Trinajstić information content (AvgIpc) is 2.30. The standard InChI is InChI=1S/C12H16ClNO2S/c1-2-3-4-5-12(14(15)16)17-11-8-6-10(13)7-9-11/h6-9,12H,2-5H2,1H3. The minimum atomic E-state index is -0.553. The van der Waals surface area contributed by atoms with Crippen molar-refractivity contribution >= 4 is 23.4 Å². The Labute approximate surface area is 111 Å². The van der Waals surface area contributed by atoms with Crippen molar-refractivity contribution in [2.75, 3.05) is 0 Å². The zero-order valence-corrected chi connectivity index (χ0v) is 11.3. The maximum atomic E-state index is 10.9. The monoisotopic (exact) mass is 273 g/mol. The van der Waals surface area contributed by atoms with E-state index in [2.05, 4.69) is 6.92 Å². The maximum Gasteiger partial charge on any atom is 0.262 e. The van der Waals surface area contributed by atoms with E-state index < -0.39 is 5.37 Å². The average molecular weight is 274 g/mol. The molecule has 1 rings (SSSR count). The predicted molar refractivity (Wildman–Crippen MR) is 72.2 cm³/mol. The van der Waals surface area contributed by atoms with Crippen molar-refractivity contribution in [1.82, 2.24) is 0 Å². The first kappa shape index (κ1) is 14.3. The van der Waals surface area contributed by atoms with E-state index in [4.69, 9.17) is 11.6 Å². The number of nitro groups is 1. The summed E-state index contributed by atoms with van der Waals surface area (Å²) in [6.07, 6.45) is 3.65. The molecule has 0 saturated heterocycles. The van der Waals surface area contributed by atoms with Crippen LogP contribution in [0.15, 0.2) is 29.2 Å². The number of halogens is 1. The Morgan fingerprint density at radius 3 is 2.53 bits per heavy atom. The van der Waals surface area contributed by atoms with Gasteiger partial charge in [-0.25, -0.2) is 0 Å². The van der Waals surface area contributed by atoms with Crippen molar-refractivity contribution in [3.8, 4) is 0 Å². The van der Waals surface area contributed by atoms with Gasteiger partial charge in [-0.2, -0.15) is 0 Å². The number of nitrogens with zero attached hydrogens (tertiary/aromatic N) is 1. The number of unbranched alkanes of at least 4 members (excludes halogenated alkanes) is 2. The van der Waals surface area contributed by atoms with E-state index in [9.17, 15) is 10.1 Å². The normalized spacial score (nSPS) is 12.4. The Bertz CT molecular complexity index is 356. The van der Waals surface area contributed by atoms with Gasteiger partial charge in [0.25, 0.3) is 5.37 Å². The summed E-state index contributed by atoms with van der Waals surface area (Å²) in [5, 5.41) is 11.0. The smallest absolute Gasteiger partial charge is 0.262 e. The molecule has 0 aliphatic carbocycles. The highest BCUT2D eigenvalue weighted by molar-refractivity contribution is 7.99. The van der Waals surface area contributed by atoms with Crippen LogP contribution in [0.4, 0.5) is 0 Å². The summed E-state index contributed by atoms with van der Waals surface area (Å²) in [7, 11) is 0. The topological polar surface area (TPSA) is 43.1 Å². The van der Waals surface area contributed by atoms with Gasteiger partial charge >= 0.3 is 0 Å². The third-order valence-electron chi connectivity index (χ3n) is 2.38. The van der Waals surface area contributed by atoms with Gasteiger partial charge in [0.05, 0.1) is 0 Å². The van der Waals surface area contributed by atoms with Gasteiger partial charge in [-0.3, -0.25) is 10.1 Å². The number of hydrogen-bond donors (Lipinski definition) is 0. The molecule has 1 unspecified atom stereocenters. The molecule has 0 aliphatic heterocycles. The van der Waals surface area contributed by atoms with E-state index in [-0.39, 0.29) is 4.92 Å². The van der Waals surface area contributed by atoms with Crippen LogP contribution in [-0.4, -0.2) is 10.3 Å². The van der Waals surface area contributed by atoms with Crippen LogP contribution in [-0.2, 0) is 0 Å². The summed E-state index contributed by atoms with van der Waals surface area (Å²) in [4.78, 5) is 11.6. The van der Waals surface area contributed by atoms with Crippen LogP contribution < -0.4 is 0 Å². The maximum absolute atomic E-state index is 10.9. The van der Waals surface area contributed by atoms with E-state index in [0.29, 0.717) is 11.4 Å². The second-order valence-corrected chi connectivity index (χ2v) is 5.50. The third-order valence-corrected chi connectivity index (χ3v) is 3.85. The predicted octanol–water partition coefficient (Wildman–Crippen LogP) is 4.62. The highest BCUT2D eigenvalue weighted by Gasteiger charge is 2.20. The minimum Gasteiger partial charge on any atom is -0.263 e. The van der Waals surface area contributed by atoms with Crippen molar-refractivity contribution in [1.29, 1.82) is 0 Å².